The zero-order valence-electron chi connectivity index (χ0n) is 15.8. The molecule has 27 heavy (non-hydrogen) atoms. The summed E-state index contributed by atoms with van der Waals surface area (Å²) in [5.74, 6) is 1.69. The van der Waals surface area contributed by atoms with Crippen LogP contribution in [0.1, 0.15) is 31.2 Å². The van der Waals surface area contributed by atoms with Gasteiger partial charge in [0.15, 0.2) is 0 Å². The Hall–Kier alpha value is -2.18. The Morgan fingerprint density at radius 3 is 2.63 bits per heavy atom. The van der Waals surface area contributed by atoms with Crippen molar-refractivity contribution in [2.24, 2.45) is 0 Å². The van der Waals surface area contributed by atoms with E-state index in [9.17, 15) is 0 Å². The fourth-order valence-corrected chi connectivity index (χ4v) is 4.50. The summed E-state index contributed by atoms with van der Waals surface area (Å²) in [5.41, 5.74) is 1.58. The summed E-state index contributed by atoms with van der Waals surface area (Å²) in [6, 6.07) is 10.1. The highest BCUT2D eigenvalue weighted by atomic mass is 16.5. The summed E-state index contributed by atoms with van der Waals surface area (Å²) in [7, 11) is 0. The molecule has 0 bridgehead atoms. The van der Waals surface area contributed by atoms with E-state index in [4.69, 9.17) is 9.84 Å². The zero-order chi connectivity index (χ0) is 18.5. The number of anilines is 1. The Balaban J connectivity index is 1.41. The molecule has 2 saturated heterocycles. The van der Waals surface area contributed by atoms with E-state index in [2.05, 4.69) is 31.9 Å². The van der Waals surface area contributed by atoms with Crippen molar-refractivity contribution in [3.8, 4) is 5.75 Å². The van der Waals surface area contributed by atoms with Gasteiger partial charge in [0.2, 0.25) is 5.95 Å². The summed E-state index contributed by atoms with van der Waals surface area (Å²) in [5, 5.41) is 8.95. The predicted octanol–water partition coefficient (Wildman–Crippen LogP) is 2.48. The summed E-state index contributed by atoms with van der Waals surface area (Å²) < 4.78 is 5.57. The molecule has 4 rings (SSSR count). The molecule has 0 saturated carbocycles. The van der Waals surface area contributed by atoms with Gasteiger partial charge in [-0.25, -0.2) is 9.97 Å². The van der Waals surface area contributed by atoms with Crippen LogP contribution in [0.4, 0.5) is 5.95 Å². The molecule has 1 N–H and O–H groups in total. The maximum atomic E-state index is 8.95. The van der Waals surface area contributed by atoms with Crippen molar-refractivity contribution in [1.29, 1.82) is 0 Å². The van der Waals surface area contributed by atoms with E-state index in [-0.39, 0.29) is 6.61 Å². The van der Waals surface area contributed by atoms with E-state index in [1.807, 2.05) is 30.6 Å². The first-order chi connectivity index (χ1) is 13.3. The van der Waals surface area contributed by atoms with Crippen molar-refractivity contribution in [1.82, 2.24) is 14.9 Å². The molecule has 2 aliphatic rings. The van der Waals surface area contributed by atoms with Crippen LogP contribution in [-0.4, -0.2) is 58.4 Å². The molecule has 6 heteroatoms. The number of aliphatic hydroxyl groups is 1. The molecule has 1 aromatic carbocycles. The van der Waals surface area contributed by atoms with Crippen molar-refractivity contribution in [3.63, 3.8) is 0 Å². The van der Waals surface area contributed by atoms with Gasteiger partial charge in [0.25, 0.3) is 0 Å². The zero-order valence-corrected chi connectivity index (χ0v) is 15.8. The molecule has 0 radical (unpaired) electrons. The minimum absolute atomic E-state index is 0.0428. The molecule has 1 aromatic heterocycles. The SMILES string of the molecule is OCCOc1cccc(CN2CCCC23CCN(c2ncccn2)CC3)c1. The molecule has 2 fully saturated rings. The number of hydrogen-bond acceptors (Lipinski definition) is 6. The molecule has 6 nitrogen and oxygen atoms in total. The topological polar surface area (TPSA) is 61.7 Å². The molecule has 0 aliphatic carbocycles. The van der Waals surface area contributed by atoms with E-state index in [1.54, 1.807) is 0 Å². The second-order valence-electron chi connectivity index (χ2n) is 7.50. The number of aliphatic hydroxyl groups excluding tert-OH is 1. The minimum atomic E-state index is 0.0428. The van der Waals surface area contributed by atoms with Crippen LogP contribution < -0.4 is 9.64 Å². The normalized spacial score (nSPS) is 19.5. The Kier molecular flexibility index (Phi) is 5.55. The monoisotopic (exact) mass is 368 g/mol. The quantitative estimate of drug-likeness (QED) is 0.845. The molecular formula is C21H28N4O2. The predicted molar refractivity (Wildman–Crippen MR) is 105 cm³/mol. The Bertz CT molecular complexity index is 732. The van der Waals surface area contributed by atoms with E-state index < -0.39 is 0 Å². The van der Waals surface area contributed by atoms with Crippen LogP contribution in [0.3, 0.4) is 0 Å². The molecule has 0 atom stereocenters. The summed E-state index contributed by atoms with van der Waals surface area (Å²) in [6.45, 7) is 4.53. The second-order valence-corrected chi connectivity index (χ2v) is 7.50. The molecule has 3 heterocycles. The van der Waals surface area contributed by atoms with E-state index in [1.165, 1.54) is 18.4 Å². The molecule has 2 aliphatic heterocycles. The average Bonchev–Trinajstić information content (AvgIpc) is 3.09. The summed E-state index contributed by atoms with van der Waals surface area (Å²) in [6.07, 6.45) is 8.50. The number of piperidine rings is 1. The number of likely N-dealkylation sites (tertiary alicyclic amines) is 1. The van der Waals surface area contributed by atoms with Gasteiger partial charge in [-0.3, -0.25) is 4.90 Å². The Morgan fingerprint density at radius 2 is 1.85 bits per heavy atom. The molecule has 1 spiro atoms. The third-order valence-corrected chi connectivity index (χ3v) is 5.90. The van der Waals surface area contributed by atoms with Crippen LogP contribution in [0, 0.1) is 0 Å². The standard InChI is InChI=1S/C21H28N4O2/c26-14-15-27-19-5-1-4-18(16-19)17-25-11-2-6-21(25)7-12-24(13-8-21)20-22-9-3-10-23-20/h1,3-5,9-10,16,26H,2,6-8,11-15,17H2. The minimum Gasteiger partial charge on any atom is -0.491 e. The van der Waals surface area contributed by atoms with E-state index in [0.29, 0.717) is 12.1 Å². The molecule has 0 unspecified atom stereocenters. The number of hydrogen-bond donors (Lipinski definition) is 1. The van der Waals surface area contributed by atoms with Crippen molar-refractivity contribution < 1.29 is 9.84 Å². The highest BCUT2D eigenvalue weighted by Gasteiger charge is 2.43. The fraction of sp³-hybridized carbons (Fsp3) is 0.524. The molecule has 0 amide bonds. The van der Waals surface area contributed by atoms with Gasteiger partial charge in [0.1, 0.15) is 12.4 Å². The highest BCUT2D eigenvalue weighted by Crippen LogP contribution is 2.40. The third-order valence-electron chi connectivity index (χ3n) is 5.90. The molecule has 144 valence electrons. The first-order valence-corrected chi connectivity index (χ1v) is 9.89. The van der Waals surface area contributed by atoms with Crippen LogP contribution >= 0.6 is 0 Å². The lowest BCUT2D eigenvalue weighted by Crippen LogP contribution is -2.52. The lowest BCUT2D eigenvalue weighted by atomic mass is 9.85. The number of benzene rings is 1. The van der Waals surface area contributed by atoms with Crippen molar-refractivity contribution in [2.75, 3.05) is 37.7 Å². The lowest BCUT2D eigenvalue weighted by molar-refractivity contribution is 0.0993. The van der Waals surface area contributed by atoms with Crippen molar-refractivity contribution >= 4 is 5.95 Å². The van der Waals surface area contributed by atoms with Crippen LogP contribution in [0.2, 0.25) is 0 Å². The lowest BCUT2D eigenvalue weighted by Gasteiger charge is -2.45. The smallest absolute Gasteiger partial charge is 0.225 e. The maximum Gasteiger partial charge on any atom is 0.225 e. The van der Waals surface area contributed by atoms with Gasteiger partial charge in [0.05, 0.1) is 6.61 Å². The second kappa shape index (κ2) is 8.23. The van der Waals surface area contributed by atoms with Gasteiger partial charge in [-0.05, 0) is 56.0 Å². The van der Waals surface area contributed by atoms with Crippen LogP contribution in [-0.2, 0) is 6.54 Å². The number of rotatable bonds is 6. The Morgan fingerprint density at radius 1 is 1.04 bits per heavy atom. The van der Waals surface area contributed by atoms with Gasteiger partial charge in [-0.2, -0.15) is 0 Å². The van der Waals surface area contributed by atoms with Crippen molar-refractivity contribution in [3.05, 3.63) is 48.3 Å². The summed E-state index contributed by atoms with van der Waals surface area (Å²) in [4.78, 5) is 13.8. The largest absolute Gasteiger partial charge is 0.491 e. The van der Waals surface area contributed by atoms with E-state index in [0.717, 1.165) is 50.7 Å². The maximum absolute atomic E-state index is 8.95. The van der Waals surface area contributed by atoms with Gasteiger partial charge in [-0.1, -0.05) is 12.1 Å². The van der Waals surface area contributed by atoms with E-state index >= 15 is 0 Å². The number of nitrogens with zero attached hydrogens (tertiary/aromatic N) is 4. The molecule has 2 aromatic rings. The average molecular weight is 368 g/mol. The van der Waals surface area contributed by atoms with Gasteiger partial charge in [-0.15, -0.1) is 0 Å². The van der Waals surface area contributed by atoms with Crippen LogP contribution in [0.5, 0.6) is 5.75 Å². The molecular weight excluding hydrogens is 340 g/mol. The highest BCUT2D eigenvalue weighted by molar-refractivity contribution is 5.31. The van der Waals surface area contributed by atoms with Gasteiger partial charge in [0, 0.05) is 37.6 Å². The first kappa shape index (κ1) is 18.2. The van der Waals surface area contributed by atoms with Crippen LogP contribution in [0.25, 0.3) is 0 Å². The summed E-state index contributed by atoms with van der Waals surface area (Å²) >= 11 is 0. The number of ether oxygens (including phenoxy) is 1. The Labute approximate surface area is 160 Å². The van der Waals surface area contributed by atoms with Gasteiger partial charge >= 0.3 is 0 Å². The van der Waals surface area contributed by atoms with Crippen LogP contribution in [0.15, 0.2) is 42.7 Å². The van der Waals surface area contributed by atoms with Gasteiger partial charge < -0.3 is 14.7 Å². The first-order valence-electron chi connectivity index (χ1n) is 9.89. The number of aromatic nitrogens is 2. The fourth-order valence-electron chi connectivity index (χ4n) is 4.50. The third kappa shape index (κ3) is 4.06. The van der Waals surface area contributed by atoms with Crippen molar-refractivity contribution in [2.45, 2.75) is 37.8 Å².